The zero-order valence-electron chi connectivity index (χ0n) is 6.05. The van der Waals surface area contributed by atoms with Crippen LogP contribution in [0.15, 0.2) is 12.5 Å². The van der Waals surface area contributed by atoms with Crippen molar-refractivity contribution in [3.63, 3.8) is 0 Å². The molecule has 1 rings (SSSR count). The maximum absolute atomic E-state index is 10.7. The molecule has 3 nitrogen and oxygen atoms in total. The summed E-state index contributed by atoms with van der Waals surface area (Å²) in [6.07, 6.45) is 0. The average molecular weight is 140 g/mol. The second kappa shape index (κ2) is 2.73. The highest BCUT2D eigenvalue weighted by Crippen LogP contribution is 1.98. The van der Waals surface area contributed by atoms with Crippen LogP contribution in [0.3, 0.4) is 0 Å². The Kier molecular flexibility index (Phi) is 1.94. The standard InChI is InChI=1S/C7H12N2O/c1-7(10)9-5-3-8(2)4-6-9/h1-6H2. The quantitative estimate of drug-likeness (QED) is 0.340. The molecule has 0 aromatic rings. The molecule has 0 unspecified atom stereocenters. The van der Waals surface area contributed by atoms with Gasteiger partial charge in [0, 0.05) is 0 Å². The van der Waals surface area contributed by atoms with Gasteiger partial charge in [0.25, 0.3) is 0 Å². The fourth-order valence-corrected chi connectivity index (χ4v) is 0.997. The van der Waals surface area contributed by atoms with Crippen molar-refractivity contribution in [2.45, 2.75) is 0 Å². The Hall–Kier alpha value is -0.990. The lowest BCUT2D eigenvalue weighted by molar-refractivity contribution is -0.534. The van der Waals surface area contributed by atoms with E-state index in [1.807, 2.05) is 4.58 Å². The number of hydrogen-bond acceptors (Lipinski definition) is 2. The zero-order valence-corrected chi connectivity index (χ0v) is 6.05. The van der Waals surface area contributed by atoms with E-state index in [-0.39, 0.29) is 5.88 Å². The third-order valence-electron chi connectivity index (χ3n) is 1.72. The first-order chi connectivity index (χ1) is 4.70. The lowest BCUT2D eigenvalue weighted by Gasteiger charge is -2.31. The molecule has 0 saturated carbocycles. The van der Waals surface area contributed by atoms with Crippen LogP contribution in [0.25, 0.3) is 0 Å². The molecule has 1 aliphatic rings. The highest BCUT2D eigenvalue weighted by atomic mass is 16.3. The van der Waals surface area contributed by atoms with Crippen LogP contribution in [0.5, 0.6) is 0 Å². The monoisotopic (exact) mass is 140 g/mol. The Balaban J connectivity index is 2.40. The minimum Gasteiger partial charge on any atom is -0.861 e. The van der Waals surface area contributed by atoms with E-state index in [2.05, 4.69) is 13.3 Å². The van der Waals surface area contributed by atoms with E-state index in [1.54, 1.807) is 4.90 Å². The van der Waals surface area contributed by atoms with Gasteiger partial charge in [-0.3, -0.25) is 0 Å². The van der Waals surface area contributed by atoms with Crippen LogP contribution < -0.4 is 5.11 Å². The van der Waals surface area contributed by atoms with Crippen molar-refractivity contribution in [1.29, 1.82) is 0 Å². The van der Waals surface area contributed by atoms with Crippen molar-refractivity contribution < 1.29 is 9.68 Å². The molecule has 0 atom stereocenters. The van der Waals surface area contributed by atoms with E-state index in [9.17, 15) is 5.11 Å². The van der Waals surface area contributed by atoms with Crippen LogP contribution in [-0.2, 0) is 0 Å². The van der Waals surface area contributed by atoms with Crippen molar-refractivity contribution in [2.75, 3.05) is 26.2 Å². The van der Waals surface area contributed by atoms with Crippen molar-refractivity contribution in [1.82, 2.24) is 4.90 Å². The van der Waals surface area contributed by atoms with Gasteiger partial charge in [0.15, 0.2) is 13.1 Å². The summed E-state index contributed by atoms with van der Waals surface area (Å²) in [7, 11) is 0. The number of rotatable bonds is 1. The maximum Gasteiger partial charge on any atom is 0.159 e. The van der Waals surface area contributed by atoms with E-state index in [0.717, 1.165) is 26.2 Å². The fraction of sp³-hybridized carbons (Fsp3) is 0.571. The molecule has 0 aromatic carbocycles. The first kappa shape index (κ1) is 7.12. The van der Waals surface area contributed by atoms with Crippen LogP contribution in [0, 0.1) is 0 Å². The average Bonchev–Trinajstić information content (AvgIpc) is 1.88. The highest BCUT2D eigenvalue weighted by Gasteiger charge is 2.13. The van der Waals surface area contributed by atoms with Crippen LogP contribution in [0.1, 0.15) is 0 Å². The van der Waals surface area contributed by atoms with Crippen LogP contribution in [0.2, 0.25) is 0 Å². The molecule has 0 bridgehead atoms. The highest BCUT2D eigenvalue weighted by molar-refractivity contribution is 5.14. The Morgan fingerprint density at radius 3 is 2.30 bits per heavy atom. The van der Waals surface area contributed by atoms with Gasteiger partial charge in [-0.2, -0.15) is 0 Å². The molecule has 56 valence electrons. The summed E-state index contributed by atoms with van der Waals surface area (Å²) >= 11 is 0. The third kappa shape index (κ3) is 1.50. The lowest BCUT2D eigenvalue weighted by atomic mass is 10.4. The molecule has 3 heteroatoms. The predicted octanol–water partition coefficient (Wildman–Crippen LogP) is -1.15. The molecule has 0 aromatic heterocycles. The first-order valence-corrected chi connectivity index (χ1v) is 3.36. The van der Waals surface area contributed by atoms with E-state index >= 15 is 0 Å². The van der Waals surface area contributed by atoms with Crippen LogP contribution >= 0.6 is 0 Å². The van der Waals surface area contributed by atoms with Crippen LogP contribution in [0.4, 0.5) is 0 Å². The Labute approximate surface area is 60.9 Å². The largest absolute Gasteiger partial charge is 0.861 e. The summed E-state index contributed by atoms with van der Waals surface area (Å²) in [4.78, 5) is 1.74. The van der Waals surface area contributed by atoms with E-state index < -0.39 is 0 Å². The summed E-state index contributed by atoms with van der Waals surface area (Å²) in [6, 6.07) is 0. The van der Waals surface area contributed by atoms with Crippen molar-refractivity contribution in [3.05, 3.63) is 12.5 Å². The molecule has 0 aliphatic carbocycles. The number of piperazine rings is 1. The van der Waals surface area contributed by atoms with E-state index in [4.69, 9.17) is 0 Å². The summed E-state index contributed by atoms with van der Waals surface area (Å²) in [5.74, 6) is -0.0758. The summed E-state index contributed by atoms with van der Waals surface area (Å²) < 4.78 is 1.96. The molecular weight excluding hydrogens is 128 g/mol. The molecule has 1 saturated heterocycles. The van der Waals surface area contributed by atoms with Crippen molar-refractivity contribution in [3.8, 4) is 0 Å². The number of hydrogen-bond donors (Lipinski definition) is 0. The smallest absolute Gasteiger partial charge is 0.159 e. The van der Waals surface area contributed by atoms with Gasteiger partial charge in [0.1, 0.15) is 6.72 Å². The second-order valence-electron chi connectivity index (χ2n) is 2.50. The van der Waals surface area contributed by atoms with Gasteiger partial charge in [-0.1, -0.05) is 6.58 Å². The molecule has 0 amide bonds. The van der Waals surface area contributed by atoms with Gasteiger partial charge in [-0.25, -0.2) is 4.58 Å². The minimum atomic E-state index is -0.0758. The number of nitrogens with zero attached hydrogens (tertiary/aromatic N) is 2. The molecule has 10 heavy (non-hydrogen) atoms. The molecule has 1 fully saturated rings. The van der Waals surface area contributed by atoms with E-state index in [1.165, 1.54) is 0 Å². The zero-order chi connectivity index (χ0) is 7.56. The topological polar surface area (TPSA) is 29.3 Å². The Morgan fingerprint density at radius 1 is 1.40 bits per heavy atom. The molecule has 0 spiro atoms. The van der Waals surface area contributed by atoms with Crippen LogP contribution in [-0.4, -0.2) is 42.4 Å². The Morgan fingerprint density at radius 2 is 1.90 bits per heavy atom. The van der Waals surface area contributed by atoms with Crippen molar-refractivity contribution >= 4 is 6.72 Å². The summed E-state index contributed by atoms with van der Waals surface area (Å²) in [5, 5.41) is 10.7. The molecule has 1 heterocycles. The van der Waals surface area contributed by atoms with Crippen molar-refractivity contribution in [2.24, 2.45) is 0 Å². The summed E-state index contributed by atoms with van der Waals surface area (Å²) in [5.41, 5.74) is 0. The normalized spacial score (nSPS) is 19.2. The minimum absolute atomic E-state index is 0.0758. The van der Waals surface area contributed by atoms with Gasteiger partial charge in [-0.15, -0.1) is 0 Å². The van der Waals surface area contributed by atoms with Gasteiger partial charge in [-0.05, 0) is 5.88 Å². The lowest BCUT2D eigenvalue weighted by Crippen LogP contribution is -2.43. The second-order valence-corrected chi connectivity index (χ2v) is 2.50. The predicted molar refractivity (Wildman–Crippen MR) is 37.8 cm³/mol. The fourth-order valence-electron chi connectivity index (χ4n) is 0.997. The van der Waals surface area contributed by atoms with Gasteiger partial charge in [0.05, 0.1) is 13.1 Å². The van der Waals surface area contributed by atoms with Gasteiger partial charge >= 0.3 is 0 Å². The molecule has 1 aliphatic heterocycles. The molecular formula is C7H12N2O. The first-order valence-electron chi connectivity index (χ1n) is 3.36. The maximum atomic E-state index is 10.7. The Bertz CT molecular complexity index is 155. The molecule has 0 radical (unpaired) electrons. The van der Waals surface area contributed by atoms with Gasteiger partial charge < -0.3 is 10.0 Å². The van der Waals surface area contributed by atoms with E-state index in [0.29, 0.717) is 0 Å². The molecule has 0 N–H and O–H groups in total. The van der Waals surface area contributed by atoms with Gasteiger partial charge in [0.2, 0.25) is 0 Å². The summed E-state index contributed by atoms with van der Waals surface area (Å²) in [6.45, 7) is 10.4. The third-order valence-corrected chi connectivity index (χ3v) is 1.72. The SMILES string of the molecule is C=C([O-])N1CC[N+](=C)CC1.